The molecule has 0 radical (unpaired) electrons. The number of hydrogen-bond donors (Lipinski definition) is 1. The van der Waals surface area contributed by atoms with Crippen LogP contribution in [0.2, 0.25) is 5.02 Å². The summed E-state index contributed by atoms with van der Waals surface area (Å²) in [5.74, 6) is 0.192. The van der Waals surface area contributed by atoms with Crippen molar-refractivity contribution in [2.75, 3.05) is 5.32 Å². The number of ether oxygens (including phenoxy) is 1. The summed E-state index contributed by atoms with van der Waals surface area (Å²) >= 11 is 7.45. The van der Waals surface area contributed by atoms with Crippen molar-refractivity contribution in [1.82, 2.24) is 10.2 Å². The molecule has 24 heavy (non-hydrogen) atoms. The second-order valence-corrected chi connectivity index (χ2v) is 6.55. The minimum atomic E-state index is -0.291. The first-order valence-electron chi connectivity index (χ1n) is 7.20. The maximum absolute atomic E-state index is 12.4. The van der Waals surface area contributed by atoms with Gasteiger partial charge in [-0.3, -0.25) is 10.1 Å². The Morgan fingerprint density at radius 3 is 2.67 bits per heavy atom. The van der Waals surface area contributed by atoms with Crippen molar-refractivity contribution >= 4 is 34.0 Å². The van der Waals surface area contributed by atoms with Gasteiger partial charge in [0.2, 0.25) is 5.13 Å². The molecule has 0 aliphatic carbocycles. The zero-order chi connectivity index (χ0) is 16.9. The molecule has 2 aromatic carbocycles. The van der Waals surface area contributed by atoms with Crippen molar-refractivity contribution in [2.45, 2.75) is 13.5 Å². The molecule has 0 aliphatic rings. The van der Waals surface area contributed by atoms with E-state index in [-0.39, 0.29) is 12.5 Å². The summed E-state index contributed by atoms with van der Waals surface area (Å²) < 4.78 is 5.79. The Morgan fingerprint density at radius 2 is 1.92 bits per heavy atom. The van der Waals surface area contributed by atoms with Crippen LogP contribution in [0.1, 0.15) is 20.9 Å². The number of hydrogen-bond acceptors (Lipinski definition) is 5. The predicted octanol–water partition coefficient (Wildman–Crippen LogP) is 4.33. The summed E-state index contributed by atoms with van der Waals surface area (Å²) in [5.41, 5.74) is 1.28. The van der Waals surface area contributed by atoms with Gasteiger partial charge in [0.25, 0.3) is 5.91 Å². The fraction of sp³-hybridized carbons (Fsp3) is 0.118. The average Bonchev–Trinajstić information content (AvgIpc) is 2.99. The molecule has 5 nitrogen and oxygen atoms in total. The Morgan fingerprint density at radius 1 is 1.17 bits per heavy atom. The Hall–Kier alpha value is -2.44. The number of nitrogens with zero attached hydrogens (tertiary/aromatic N) is 2. The molecule has 0 fully saturated rings. The van der Waals surface area contributed by atoms with Gasteiger partial charge in [0.1, 0.15) is 17.4 Å². The molecule has 0 aliphatic heterocycles. The predicted molar refractivity (Wildman–Crippen MR) is 94.8 cm³/mol. The molecular weight excluding hydrogens is 346 g/mol. The molecule has 122 valence electrons. The van der Waals surface area contributed by atoms with E-state index < -0.39 is 0 Å². The van der Waals surface area contributed by atoms with Gasteiger partial charge in [-0.15, -0.1) is 10.2 Å². The van der Waals surface area contributed by atoms with Gasteiger partial charge in [-0.1, -0.05) is 53.3 Å². The van der Waals surface area contributed by atoms with E-state index >= 15 is 0 Å². The van der Waals surface area contributed by atoms with E-state index in [0.29, 0.717) is 21.5 Å². The summed E-state index contributed by atoms with van der Waals surface area (Å²) in [6.07, 6.45) is 0. The standard InChI is InChI=1S/C17H14ClN3O2S/c1-11-20-21-17(24-11)19-16(22)13-7-3-5-9-15(13)23-10-12-6-2-4-8-14(12)18/h2-9H,10H2,1H3,(H,19,21,22). The quantitative estimate of drug-likeness (QED) is 0.736. The van der Waals surface area contributed by atoms with Crippen LogP contribution in [0.4, 0.5) is 5.13 Å². The van der Waals surface area contributed by atoms with Crippen LogP contribution < -0.4 is 10.1 Å². The molecule has 0 spiro atoms. The summed E-state index contributed by atoms with van der Waals surface area (Å²) in [5, 5.41) is 12.4. The molecule has 1 N–H and O–H groups in total. The maximum atomic E-state index is 12.4. The molecule has 1 aromatic heterocycles. The van der Waals surface area contributed by atoms with Crippen LogP contribution in [0.5, 0.6) is 5.75 Å². The van der Waals surface area contributed by atoms with Gasteiger partial charge in [-0.25, -0.2) is 0 Å². The van der Waals surface area contributed by atoms with E-state index in [2.05, 4.69) is 15.5 Å². The lowest BCUT2D eigenvalue weighted by atomic mass is 10.2. The Bertz CT molecular complexity index is 866. The molecular formula is C17H14ClN3O2S. The fourth-order valence-corrected chi connectivity index (χ4v) is 2.84. The first kappa shape index (κ1) is 16.4. The zero-order valence-electron chi connectivity index (χ0n) is 12.8. The average molecular weight is 360 g/mol. The van der Waals surface area contributed by atoms with Crippen LogP contribution in [0.3, 0.4) is 0 Å². The fourth-order valence-electron chi connectivity index (χ4n) is 2.06. The number of amides is 1. The van der Waals surface area contributed by atoms with Gasteiger partial charge in [0.05, 0.1) is 5.56 Å². The number of carbonyl (C=O) groups excluding carboxylic acids is 1. The van der Waals surface area contributed by atoms with Gasteiger partial charge in [0.15, 0.2) is 0 Å². The number of anilines is 1. The Labute approximate surface area is 148 Å². The lowest BCUT2D eigenvalue weighted by Gasteiger charge is -2.11. The van der Waals surface area contributed by atoms with Gasteiger partial charge < -0.3 is 4.74 Å². The first-order chi connectivity index (χ1) is 11.6. The van der Waals surface area contributed by atoms with Gasteiger partial charge in [-0.05, 0) is 25.1 Å². The smallest absolute Gasteiger partial charge is 0.261 e. The Kier molecular flexibility index (Phi) is 5.08. The van der Waals surface area contributed by atoms with Crippen molar-refractivity contribution < 1.29 is 9.53 Å². The molecule has 0 atom stereocenters. The van der Waals surface area contributed by atoms with Gasteiger partial charge in [0, 0.05) is 10.6 Å². The van der Waals surface area contributed by atoms with E-state index in [1.54, 1.807) is 24.3 Å². The molecule has 3 aromatic rings. The number of benzene rings is 2. The third-order valence-electron chi connectivity index (χ3n) is 3.22. The van der Waals surface area contributed by atoms with Gasteiger partial charge >= 0.3 is 0 Å². The minimum absolute atomic E-state index is 0.280. The number of aryl methyl sites for hydroxylation is 1. The third kappa shape index (κ3) is 3.90. The van der Waals surface area contributed by atoms with Crippen LogP contribution in [0.15, 0.2) is 48.5 Å². The zero-order valence-corrected chi connectivity index (χ0v) is 14.4. The minimum Gasteiger partial charge on any atom is -0.488 e. The van der Waals surface area contributed by atoms with Crippen LogP contribution >= 0.6 is 22.9 Å². The second-order valence-electron chi connectivity index (χ2n) is 4.96. The molecule has 7 heteroatoms. The summed E-state index contributed by atoms with van der Waals surface area (Å²) in [4.78, 5) is 12.4. The highest BCUT2D eigenvalue weighted by Gasteiger charge is 2.14. The SMILES string of the molecule is Cc1nnc(NC(=O)c2ccccc2OCc2ccccc2Cl)s1. The molecule has 0 unspecified atom stereocenters. The highest BCUT2D eigenvalue weighted by atomic mass is 35.5. The summed E-state index contributed by atoms with van der Waals surface area (Å²) in [6.45, 7) is 2.11. The summed E-state index contributed by atoms with van der Waals surface area (Å²) in [7, 11) is 0. The topological polar surface area (TPSA) is 64.1 Å². The molecule has 0 saturated carbocycles. The van der Waals surface area contributed by atoms with Crippen molar-refractivity contribution in [3.8, 4) is 5.75 Å². The molecule has 1 heterocycles. The number of para-hydroxylation sites is 1. The van der Waals surface area contributed by atoms with Crippen LogP contribution in [-0.2, 0) is 6.61 Å². The lowest BCUT2D eigenvalue weighted by Crippen LogP contribution is -2.13. The maximum Gasteiger partial charge on any atom is 0.261 e. The largest absolute Gasteiger partial charge is 0.488 e. The normalized spacial score (nSPS) is 10.4. The highest BCUT2D eigenvalue weighted by molar-refractivity contribution is 7.15. The van der Waals surface area contributed by atoms with E-state index in [4.69, 9.17) is 16.3 Å². The van der Waals surface area contributed by atoms with Crippen LogP contribution in [-0.4, -0.2) is 16.1 Å². The van der Waals surface area contributed by atoms with Crippen molar-refractivity contribution in [3.05, 3.63) is 69.7 Å². The van der Waals surface area contributed by atoms with Crippen LogP contribution in [0, 0.1) is 6.92 Å². The van der Waals surface area contributed by atoms with Gasteiger partial charge in [-0.2, -0.15) is 0 Å². The third-order valence-corrected chi connectivity index (χ3v) is 4.34. The molecule has 1 amide bonds. The highest BCUT2D eigenvalue weighted by Crippen LogP contribution is 2.23. The second kappa shape index (κ2) is 7.42. The number of carbonyl (C=O) groups is 1. The van der Waals surface area contributed by atoms with E-state index in [0.717, 1.165) is 10.6 Å². The summed E-state index contributed by atoms with van der Waals surface area (Å²) in [6, 6.07) is 14.5. The van der Waals surface area contributed by atoms with E-state index in [9.17, 15) is 4.79 Å². The number of aromatic nitrogens is 2. The van der Waals surface area contributed by atoms with Crippen molar-refractivity contribution in [2.24, 2.45) is 0 Å². The molecule has 3 rings (SSSR count). The monoisotopic (exact) mass is 359 g/mol. The Balaban J connectivity index is 1.75. The van der Waals surface area contributed by atoms with Crippen molar-refractivity contribution in [1.29, 1.82) is 0 Å². The van der Waals surface area contributed by atoms with Crippen molar-refractivity contribution in [3.63, 3.8) is 0 Å². The first-order valence-corrected chi connectivity index (χ1v) is 8.39. The molecule has 0 saturated heterocycles. The van der Waals surface area contributed by atoms with E-state index in [1.807, 2.05) is 31.2 Å². The lowest BCUT2D eigenvalue weighted by molar-refractivity contribution is 0.102. The molecule has 0 bridgehead atoms. The number of rotatable bonds is 5. The number of halogens is 1. The van der Waals surface area contributed by atoms with Crippen LogP contribution in [0.25, 0.3) is 0 Å². The number of nitrogens with one attached hydrogen (secondary N) is 1. The van der Waals surface area contributed by atoms with E-state index in [1.165, 1.54) is 11.3 Å².